The van der Waals surface area contributed by atoms with Gasteiger partial charge in [-0.2, -0.15) is 0 Å². The third-order valence-electron chi connectivity index (χ3n) is 4.27. The third-order valence-corrected chi connectivity index (χ3v) is 4.27. The number of hydrogen-bond donors (Lipinski definition) is 2. The Kier molecular flexibility index (Phi) is 7.15. The van der Waals surface area contributed by atoms with Gasteiger partial charge in [-0.05, 0) is 44.7 Å². The molecule has 122 valence electrons. The van der Waals surface area contributed by atoms with Gasteiger partial charge in [0.2, 0.25) is 5.91 Å². The Hall–Kier alpha value is -1.10. The Bertz CT molecular complexity index is 344. The number of carbonyl (C=O) groups excluding carboxylic acids is 2. The second-order valence-electron chi connectivity index (χ2n) is 6.46. The molecule has 1 unspecified atom stereocenters. The number of nitrogens with one attached hydrogen (secondary N) is 2. The summed E-state index contributed by atoms with van der Waals surface area (Å²) in [6.45, 7) is 7.90. The Labute approximate surface area is 128 Å². The van der Waals surface area contributed by atoms with Crippen LogP contribution in [0.5, 0.6) is 0 Å². The summed E-state index contributed by atoms with van der Waals surface area (Å²) in [5.41, 5.74) is -0.330. The first kappa shape index (κ1) is 18.0. The lowest BCUT2D eigenvalue weighted by molar-refractivity contribution is -0.147. The van der Waals surface area contributed by atoms with Crippen molar-refractivity contribution in [3.63, 3.8) is 0 Å². The van der Waals surface area contributed by atoms with E-state index in [1.54, 1.807) is 0 Å². The normalized spacial score (nSPS) is 19.1. The van der Waals surface area contributed by atoms with Gasteiger partial charge in [0.15, 0.2) is 0 Å². The van der Waals surface area contributed by atoms with Gasteiger partial charge in [-0.3, -0.25) is 4.79 Å². The molecule has 1 amide bonds. The van der Waals surface area contributed by atoms with E-state index < -0.39 is 6.04 Å². The highest BCUT2D eigenvalue weighted by molar-refractivity contribution is 5.88. The van der Waals surface area contributed by atoms with Crippen LogP contribution >= 0.6 is 0 Å². The van der Waals surface area contributed by atoms with Gasteiger partial charge in [-0.25, -0.2) is 4.79 Å². The molecule has 1 atom stereocenters. The van der Waals surface area contributed by atoms with Gasteiger partial charge in [0.1, 0.15) is 6.04 Å². The van der Waals surface area contributed by atoms with E-state index in [9.17, 15) is 9.59 Å². The molecular weight excluding hydrogens is 268 g/mol. The number of esters is 1. The predicted octanol–water partition coefficient (Wildman–Crippen LogP) is 1.86. The lowest BCUT2D eigenvalue weighted by Gasteiger charge is -2.37. The molecule has 0 radical (unpaired) electrons. The van der Waals surface area contributed by atoms with Gasteiger partial charge in [0, 0.05) is 0 Å². The average Bonchev–Trinajstić information content (AvgIpc) is 2.46. The van der Waals surface area contributed by atoms with Crippen LogP contribution in [0.25, 0.3) is 0 Å². The summed E-state index contributed by atoms with van der Waals surface area (Å²) in [7, 11) is 1.37. The SMILES string of the molecule is CCCC1(C(=O)NC(CC(C)C)C(=O)OC)CCNCC1. The van der Waals surface area contributed by atoms with Crippen molar-refractivity contribution in [2.24, 2.45) is 11.3 Å². The predicted molar refractivity (Wildman–Crippen MR) is 82.8 cm³/mol. The van der Waals surface area contributed by atoms with E-state index >= 15 is 0 Å². The van der Waals surface area contributed by atoms with Crippen LogP contribution in [-0.4, -0.2) is 38.1 Å². The molecule has 0 saturated carbocycles. The minimum Gasteiger partial charge on any atom is -0.467 e. The molecule has 1 aliphatic heterocycles. The van der Waals surface area contributed by atoms with E-state index in [2.05, 4.69) is 17.6 Å². The van der Waals surface area contributed by atoms with Gasteiger partial charge < -0.3 is 15.4 Å². The second kappa shape index (κ2) is 8.37. The van der Waals surface area contributed by atoms with Crippen LogP contribution in [0, 0.1) is 11.3 Å². The molecule has 0 aromatic rings. The zero-order valence-corrected chi connectivity index (χ0v) is 13.8. The summed E-state index contributed by atoms with van der Waals surface area (Å²) in [6.07, 6.45) is 4.12. The first-order valence-corrected chi connectivity index (χ1v) is 8.04. The molecule has 0 aromatic heterocycles. The summed E-state index contributed by atoms with van der Waals surface area (Å²) >= 11 is 0. The minimum absolute atomic E-state index is 0.0156. The molecule has 21 heavy (non-hydrogen) atoms. The van der Waals surface area contributed by atoms with Crippen molar-refractivity contribution in [1.82, 2.24) is 10.6 Å². The zero-order valence-electron chi connectivity index (χ0n) is 13.8. The Balaban J connectivity index is 2.79. The van der Waals surface area contributed by atoms with Gasteiger partial charge in [-0.1, -0.05) is 27.2 Å². The highest BCUT2D eigenvalue weighted by atomic mass is 16.5. The van der Waals surface area contributed by atoms with Crippen LogP contribution in [0.3, 0.4) is 0 Å². The summed E-state index contributed by atoms with van der Waals surface area (Å²) in [5, 5.41) is 6.25. The van der Waals surface area contributed by atoms with Crippen LogP contribution in [0.15, 0.2) is 0 Å². The van der Waals surface area contributed by atoms with Crippen molar-refractivity contribution in [3.8, 4) is 0 Å². The Morgan fingerprint density at radius 2 is 1.90 bits per heavy atom. The van der Waals surface area contributed by atoms with Crippen molar-refractivity contribution >= 4 is 11.9 Å². The van der Waals surface area contributed by atoms with E-state index in [4.69, 9.17) is 4.74 Å². The van der Waals surface area contributed by atoms with Crippen LogP contribution in [0.1, 0.15) is 52.9 Å². The maximum Gasteiger partial charge on any atom is 0.328 e. The van der Waals surface area contributed by atoms with E-state index in [1.807, 2.05) is 13.8 Å². The molecule has 0 spiro atoms. The number of ether oxygens (including phenoxy) is 1. The monoisotopic (exact) mass is 298 g/mol. The zero-order chi connectivity index (χ0) is 15.9. The van der Waals surface area contributed by atoms with E-state index in [1.165, 1.54) is 7.11 Å². The quantitative estimate of drug-likeness (QED) is 0.704. The first-order chi connectivity index (χ1) is 9.95. The second-order valence-corrected chi connectivity index (χ2v) is 6.46. The Morgan fingerprint density at radius 1 is 1.29 bits per heavy atom. The molecule has 5 heteroatoms. The smallest absolute Gasteiger partial charge is 0.328 e. The largest absolute Gasteiger partial charge is 0.467 e. The number of carbonyl (C=O) groups is 2. The molecule has 1 fully saturated rings. The summed E-state index contributed by atoms with van der Waals surface area (Å²) < 4.78 is 4.83. The van der Waals surface area contributed by atoms with Gasteiger partial charge in [-0.15, -0.1) is 0 Å². The lowest BCUT2D eigenvalue weighted by Crippen LogP contribution is -2.52. The molecular formula is C16H30N2O3. The first-order valence-electron chi connectivity index (χ1n) is 8.04. The maximum atomic E-state index is 12.8. The van der Waals surface area contributed by atoms with Gasteiger partial charge in [0.25, 0.3) is 0 Å². The van der Waals surface area contributed by atoms with Crippen LogP contribution in [-0.2, 0) is 14.3 Å². The fourth-order valence-electron chi connectivity index (χ4n) is 3.11. The summed E-state index contributed by atoms with van der Waals surface area (Å²) in [5.74, 6) is -0.0101. The number of methoxy groups -OCH3 is 1. The molecule has 0 aliphatic carbocycles. The highest BCUT2D eigenvalue weighted by Gasteiger charge is 2.40. The Morgan fingerprint density at radius 3 is 2.38 bits per heavy atom. The summed E-state index contributed by atoms with van der Waals surface area (Å²) in [6, 6.07) is -0.536. The van der Waals surface area contributed by atoms with Crippen LogP contribution in [0.2, 0.25) is 0 Å². The molecule has 1 saturated heterocycles. The summed E-state index contributed by atoms with van der Waals surface area (Å²) in [4.78, 5) is 24.7. The van der Waals surface area contributed by atoms with Crippen molar-refractivity contribution in [3.05, 3.63) is 0 Å². The van der Waals surface area contributed by atoms with Crippen molar-refractivity contribution < 1.29 is 14.3 Å². The highest BCUT2D eigenvalue weighted by Crippen LogP contribution is 2.34. The number of piperidine rings is 1. The maximum absolute atomic E-state index is 12.8. The molecule has 2 N–H and O–H groups in total. The van der Waals surface area contributed by atoms with E-state index in [0.717, 1.165) is 38.8 Å². The molecule has 1 heterocycles. The molecule has 0 bridgehead atoms. The fraction of sp³-hybridized carbons (Fsp3) is 0.875. The third kappa shape index (κ3) is 4.99. The van der Waals surface area contributed by atoms with E-state index in [-0.39, 0.29) is 17.3 Å². The number of rotatable bonds is 7. The van der Waals surface area contributed by atoms with Crippen molar-refractivity contribution in [1.29, 1.82) is 0 Å². The van der Waals surface area contributed by atoms with Crippen LogP contribution in [0.4, 0.5) is 0 Å². The lowest BCUT2D eigenvalue weighted by atomic mass is 9.74. The molecule has 5 nitrogen and oxygen atoms in total. The van der Waals surface area contributed by atoms with Gasteiger partial charge >= 0.3 is 5.97 Å². The van der Waals surface area contributed by atoms with Crippen molar-refractivity contribution in [2.45, 2.75) is 58.9 Å². The number of hydrogen-bond acceptors (Lipinski definition) is 4. The van der Waals surface area contributed by atoms with Gasteiger partial charge in [0.05, 0.1) is 12.5 Å². The van der Waals surface area contributed by atoms with Crippen molar-refractivity contribution in [2.75, 3.05) is 20.2 Å². The standard InChI is InChI=1S/C16H30N2O3/c1-5-6-16(7-9-17-10-8-16)15(20)18-13(11-12(2)3)14(19)21-4/h12-13,17H,5-11H2,1-4H3,(H,18,20). The van der Waals surface area contributed by atoms with E-state index in [0.29, 0.717) is 12.3 Å². The van der Waals surface area contributed by atoms with Crippen LogP contribution < -0.4 is 10.6 Å². The average molecular weight is 298 g/mol. The fourth-order valence-corrected chi connectivity index (χ4v) is 3.11. The molecule has 0 aromatic carbocycles. The minimum atomic E-state index is -0.536. The molecule has 1 aliphatic rings. The number of amides is 1. The molecule has 1 rings (SSSR count). The topological polar surface area (TPSA) is 67.4 Å².